The molecule has 2 aliphatic rings. The Labute approximate surface area is 175 Å². The average Bonchev–Trinajstić information content (AvgIpc) is 3.12. The van der Waals surface area contributed by atoms with Crippen LogP contribution in [0.1, 0.15) is 25.1 Å². The molecular formula is C21H27N5O4. The molecule has 3 heterocycles. The van der Waals surface area contributed by atoms with Crippen LogP contribution in [0.5, 0.6) is 0 Å². The molecule has 0 saturated carbocycles. The van der Waals surface area contributed by atoms with E-state index in [9.17, 15) is 9.90 Å². The van der Waals surface area contributed by atoms with Crippen molar-refractivity contribution in [1.82, 2.24) is 15.3 Å². The topological polar surface area (TPSA) is 109 Å². The number of fused-ring (bicyclic) bond motifs is 1. The Balaban J connectivity index is 1.69. The smallest absolute Gasteiger partial charge is 0.319 e. The van der Waals surface area contributed by atoms with Crippen molar-refractivity contribution in [1.29, 1.82) is 0 Å². The Morgan fingerprint density at radius 2 is 1.97 bits per heavy atom. The van der Waals surface area contributed by atoms with Crippen molar-refractivity contribution in [3.63, 3.8) is 0 Å². The highest BCUT2D eigenvalue weighted by molar-refractivity contribution is 5.89. The van der Waals surface area contributed by atoms with Crippen LogP contribution in [0.3, 0.4) is 0 Å². The number of aliphatic hydroxyl groups excluding tert-OH is 1. The first-order valence-corrected chi connectivity index (χ1v) is 10.2. The lowest BCUT2D eigenvalue weighted by atomic mass is 10.0. The molecule has 9 nitrogen and oxygen atoms in total. The highest BCUT2D eigenvalue weighted by Crippen LogP contribution is 2.40. The van der Waals surface area contributed by atoms with Crippen molar-refractivity contribution in [2.75, 3.05) is 49.7 Å². The molecule has 1 atom stereocenters. The molecule has 9 heteroatoms. The molecule has 0 radical (unpaired) electrons. The number of morpholine rings is 1. The number of benzene rings is 1. The largest absolute Gasteiger partial charge is 0.393 e. The summed E-state index contributed by atoms with van der Waals surface area (Å²) < 4.78 is 11.4. The zero-order valence-corrected chi connectivity index (χ0v) is 17.3. The van der Waals surface area contributed by atoms with Gasteiger partial charge in [0.15, 0.2) is 5.82 Å². The van der Waals surface area contributed by atoms with Gasteiger partial charge in [0.25, 0.3) is 0 Å². The number of nitrogens with one attached hydrogen (secondary N) is 2. The summed E-state index contributed by atoms with van der Waals surface area (Å²) in [4.78, 5) is 23.5. The fourth-order valence-electron chi connectivity index (χ4n) is 3.67. The minimum absolute atomic E-state index is 0.158. The molecule has 4 rings (SSSR count). The highest BCUT2D eigenvalue weighted by atomic mass is 16.5. The lowest BCUT2D eigenvalue weighted by molar-refractivity contribution is -0.0624. The summed E-state index contributed by atoms with van der Waals surface area (Å²) in [5, 5.41) is 15.4. The van der Waals surface area contributed by atoms with Crippen molar-refractivity contribution in [2.24, 2.45) is 0 Å². The van der Waals surface area contributed by atoms with Gasteiger partial charge < -0.3 is 30.1 Å². The van der Waals surface area contributed by atoms with Gasteiger partial charge in [0.2, 0.25) is 0 Å². The minimum Gasteiger partial charge on any atom is -0.393 e. The second-order valence-electron chi connectivity index (χ2n) is 7.54. The molecule has 1 saturated heterocycles. The van der Waals surface area contributed by atoms with Gasteiger partial charge in [-0.15, -0.1) is 0 Å². The molecule has 0 bridgehead atoms. The van der Waals surface area contributed by atoms with Crippen molar-refractivity contribution >= 4 is 17.5 Å². The average molecular weight is 413 g/mol. The maximum absolute atomic E-state index is 11.7. The minimum atomic E-state index is -0.853. The molecule has 2 aromatic rings. The number of carbonyl (C=O) groups is 1. The van der Waals surface area contributed by atoms with E-state index in [2.05, 4.69) is 15.5 Å². The van der Waals surface area contributed by atoms with Crippen molar-refractivity contribution in [3.05, 3.63) is 35.5 Å². The van der Waals surface area contributed by atoms with Crippen molar-refractivity contribution < 1.29 is 19.4 Å². The number of aliphatic hydroxyl groups is 1. The molecular weight excluding hydrogens is 386 g/mol. The molecule has 160 valence electrons. The summed E-state index contributed by atoms with van der Waals surface area (Å²) in [5.74, 6) is 1.39. The highest BCUT2D eigenvalue weighted by Gasteiger charge is 2.40. The van der Waals surface area contributed by atoms with Crippen LogP contribution in [0, 0.1) is 0 Å². The Morgan fingerprint density at radius 3 is 2.63 bits per heavy atom. The normalized spacial score (nSPS) is 20.7. The van der Waals surface area contributed by atoms with E-state index in [1.807, 2.05) is 38.1 Å². The fourth-order valence-corrected chi connectivity index (χ4v) is 3.67. The van der Waals surface area contributed by atoms with Gasteiger partial charge in [0.1, 0.15) is 11.4 Å². The van der Waals surface area contributed by atoms with E-state index in [-0.39, 0.29) is 12.6 Å². The molecule has 0 aliphatic carbocycles. The van der Waals surface area contributed by atoms with E-state index in [1.54, 1.807) is 0 Å². The van der Waals surface area contributed by atoms with E-state index in [0.29, 0.717) is 37.9 Å². The zero-order chi connectivity index (χ0) is 21.1. The Kier molecular flexibility index (Phi) is 5.85. The molecule has 0 spiro atoms. The second kappa shape index (κ2) is 8.55. The Bertz CT molecular complexity index is 914. The van der Waals surface area contributed by atoms with Gasteiger partial charge in [0, 0.05) is 36.4 Å². The number of hydrogen-bond acceptors (Lipinski definition) is 7. The summed E-state index contributed by atoms with van der Waals surface area (Å²) >= 11 is 0. The van der Waals surface area contributed by atoms with E-state index in [1.165, 1.54) is 0 Å². The monoisotopic (exact) mass is 413 g/mol. The number of rotatable bonds is 5. The number of anilines is 2. The van der Waals surface area contributed by atoms with Gasteiger partial charge in [-0.3, -0.25) is 0 Å². The number of ether oxygens (including phenoxy) is 2. The molecule has 1 fully saturated rings. The molecule has 0 unspecified atom stereocenters. The molecule has 30 heavy (non-hydrogen) atoms. The summed E-state index contributed by atoms with van der Waals surface area (Å²) in [6, 6.07) is 7.13. The van der Waals surface area contributed by atoms with Gasteiger partial charge >= 0.3 is 6.03 Å². The third-order valence-electron chi connectivity index (χ3n) is 5.37. The third kappa shape index (κ3) is 3.96. The quantitative estimate of drug-likeness (QED) is 0.686. The zero-order valence-electron chi connectivity index (χ0n) is 17.3. The van der Waals surface area contributed by atoms with Crippen LogP contribution in [0.15, 0.2) is 24.3 Å². The van der Waals surface area contributed by atoms with Crippen LogP contribution in [0.2, 0.25) is 0 Å². The van der Waals surface area contributed by atoms with Crippen LogP contribution in [0.25, 0.3) is 11.4 Å². The number of carbonyl (C=O) groups excluding carboxylic acids is 1. The number of aromatic nitrogens is 2. The predicted molar refractivity (Wildman–Crippen MR) is 112 cm³/mol. The first-order chi connectivity index (χ1) is 14.5. The van der Waals surface area contributed by atoms with E-state index >= 15 is 0 Å². The van der Waals surface area contributed by atoms with Gasteiger partial charge in [-0.05, 0) is 38.1 Å². The second-order valence-corrected chi connectivity index (χ2v) is 7.54. The van der Waals surface area contributed by atoms with E-state index < -0.39 is 5.60 Å². The summed E-state index contributed by atoms with van der Waals surface area (Å²) in [6.45, 7) is 7.26. The maximum atomic E-state index is 11.7. The van der Waals surface area contributed by atoms with Crippen LogP contribution < -0.4 is 15.5 Å². The lowest BCUT2D eigenvalue weighted by Gasteiger charge is -2.30. The molecule has 1 aromatic carbocycles. The maximum Gasteiger partial charge on any atom is 0.319 e. The lowest BCUT2D eigenvalue weighted by Crippen LogP contribution is -2.37. The SMILES string of the molecule is CCNC(=O)Nc1ccc(-c2nc(N3CCOCC3)c3c(n2)[C@](C)(CO)OC3)cc1. The third-order valence-corrected chi connectivity index (χ3v) is 5.37. The predicted octanol–water partition coefficient (Wildman–Crippen LogP) is 1.86. The Morgan fingerprint density at radius 1 is 1.23 bits per heavy atom. The van der Waals surface area contributed by atoms with Crippen LogP contribution >= 0.6 is 0 Å². The van der Waals surface area contributed by atoms with Gasteiger partial charge in [-0.1, -0.05) is 0 Å². The summed E-state index contributed by atoms with van der Waals surface area (Å²) in [5.41, 5.74) is 2.30. The fraction of sp³-hybridized carbons (Fsp3) is 0.476. The summed E-state index contributed by atoms with van der Waals surface area (Å²) in [7, 11) is 0. The molecule has 1 aromatic heterocycles. The van der Waals surface area contributed by atoms with Gasteiger partial charge in [-0.2, -0.15) is 0 Å². The number of hydrogen-bond donors (Lipinski definition) is 3. The van der Waals surface area contributed by atoms with Crippen molar-refractivity contribution in [2.45, 2.75) is 26.1 Å². The van der Waals surface area contributed by atoms with Crippen molar-refractivity contribution in [3.8, 4) is 11.4 Å². The van der Waals surface area contributed by atoms with E-state index in [0.717, 1.165) is 35.7 Å². The van der Waals surface area contributed by atoms with Gasteiger partial charge in [-0.25, -0.2) is 14.8 Å². The number of amides is 2. The number of nitrogens with zero attached hydrogens (tertiary/aromatic N) is 3. The van der Waals surface area contributed by atoms with Crippen LogP contribution in [0.4, 0.5) is 16.3 Å². The molecule has 2 amide bonds. The number of urea groups is 1. The molecule has 3 N–H and O–H groups in total. The van der Waals surface area contributed by atoms with Crippen LogP contribution in [-0.2, 0) is 21.7 Å². The molecule has 2 aliphatic heterocycles. The first kappa shape index (κ1) is 20.5. The van der Waals surface area contributed by atoms with Gasteiger partial charge in [0.05, 0.1) is 32.1 Å². The van der Waals surface area contributed by atoms with Crippen LogP contribution in [-0.4, -0.2) is 60.6 Å². The van der Waals surface area contributed by atoms with E-state index in [4.69, 9.17) is 19.4 Å². The summed E-state index contributed by atoms with van der Waals surface area (Å²) in [6.07, 6.45) is 0. The Hall–Kier alpha value is -2.75. The first-order valence-electron chi connectivity index (χ1n) is 10.2. The standard InChI is InChI=1S/C21H27N5O4/c1-3-22-20(28)23-15-6-4-14(5-7-15)18-24-17-16(12-30-21(17,2)13-27)19(25-18)26-8-10-29-11-9-26/h4-7,27H,3,8-13H2,1-2H3,(H2,22,23,28)/t21-/m0/s1.